The highest BCUT2D eigenvalue weighted by Gasteiger charge is 2.32. The average molecular weight is 312 g/mol. The molecule has 0 saturated carbocycles. The third kappa shape index (κ3) is 4.64. The first-order valence-electron chi connectivity index (χ1n) is 4.56. The van der Waals surface area contributed by atoms with Crippen LogP contribution in [0.3, 0.4) is 0 Å². The lowest BCUT2D eigenvalue weighted by atomic mass is 10.1. The maximum absolute atomic E-state index is 12.1. The Morgan fingerprint density at radius 1 is 1.47 bits per heavy atom. The lowest BCUT2D eigenvalue weighted by Crippen LogP contribution is -2.22. The smallest absolute Gasteiger partial charge is 0.405 e. The fourth-order valence-corrected chi connectivity index (χ4v) is 1.50. The van der Waals surface area contributed by atoms with Gasteiger partial charge >= 0.3 is 6.36 Å². The number of alkyl halides is 3. The van der Waals surface area contributed by atoms with E-state index in [4.69, 9.17) is 0 Å². The third-order valence-corrected chi connectivity index (χ3v) is 2.38. The highest BCUT2D eigenvalue weighted by Crippen LogP contribution is 2.29. The Hall–Kier alpha value is -1.24. The van der Waals surface area contributed by atoms with Gasteiger partial charge in [0, 0.05) is 17.1 Å². The van der Waals surface area contributed by atoms with Gasteiger partial charge in [-0.1, -0.05) is 22.0 Å². The number of hydrogen-bond acceptors (Lipinski definition) is 2. The zero-order chi connectivity index (χ0) is 13.1. The number of hydrogen-bond donors (Lipinski definition) is 1. The Morgan fingerprint density at radius 2 is 2.12 bits per heavy atom. The second kappa shape index (κ2) is 5.39. The predicted molar refractivity (Wildman–Crippen MR) is 58.6 cm³/mol. The molecule has 1 amide bonds. The number of benzene rings is 1. The molecule has 0 aliphatic carbocycles. The van der Waals surface area contributed by atoms with Crippen LogP contribution in [0.5, 0.6) is 5.75 Å². The van der Waals surface area contributed by atoms with E-state index in [1.54, 1.807) is 6.07 Å². The van der Waals surface area contributed by atoms with Crippen LogP contribution in [0.15, 0.2) is 22.7 Å². The molecule has 0 bridgehead atoms. The van der Waals surface area contributed by atoms with E-state index in [0.29, 0.717) is 4.47 Å². The van der Waals surface area contributed by atoms with Gasteiger partial charge in [0.2, 0.25) is 5.91 Å². The maximum Gasteiger partial charge on any atom is 0.573 e. The van der Waals surface area contributed by atoms with Crippen LogP contribution < -0.4 is 10.1 Å². The van der Waals surface area contributed by atoms with Gasteiger partial charge in [0.15, 0.2) is 0 Å². The second-order valence-electron chi connectivity index (χ2n) is 3.15. The molecule has 17 heavy (non-hydrogen) atoms. The Balaban J connectivity index is 2.99. The lowest BCUT2D eigenvalue weighted by molar-refractivity contribution is -0.274. The summed E-state index contributed by atoms with van der Waals surface area (Å²) in [5.41, 5.74) is 0.171. The number of likely N-dealkylation sites (N-methyl/N-ethyl adjacent to an activating group) is 1. The summed E-state index contributed by atoms with van der Waals surface area (Å²) in [5.74, 6) is -0.769. The predicted octanol–water partition coefficient (Wildman–Crippen LogP) is 2.64. The summed E-state index contributed by atoms with van der Waals surface area (Å²) in [4.78, 5) is 11.1. The van der Waals surface area contributed by atoms with Crippen molar-refractivity contribution in [1.29, 1.82) is 0 Å². The molecule has 3 nitrogen and oxygen atoms in total. The summed E-state index contributed by atoms with van der Waals surface area (Å²) in [6, 6.07) is 4.12. The number of amides is 1. The van der Waals surface area contributed by atoms with E-state index in [-0.39, 0.29) is 23.6 Å². The van der Waals surface area contributed by atoms with E-state index in [9.17, 15) is 18.0 Å². The van der Waals surface area contributed by atoms with Gasteiger partial charge in [-0.15, -0.1) is 13.2 Å². The fraction of sp³-hybridized carbons (Fsp3) is 0.300. The number of halogens is 4. The van der Waals surface area contributed by atoms with Crippen LogP contribution in [-0.2, 0) is 11.2 Å². The maximum atomic E-state index is 12.1. The summed E-state index contributed by atoms with van der Waals surface area (Å²) >= 11 is 3.04. The van der Waals surface area contributed by atoms with E-state index >= 15 is 0 Å². The molecule has 0 unspecified atom stereocenters. The molecule has 1 N–H and O–H groups in total. The summed E-state index contributed by atoms with van der Waals surface area (Å²) in [7, 11) is 1.41. The van der Waals surface area contributed by atoms with Crippen molar-refractivity contribution in [2.75, 3.05) is 7.05 Å². The summed E-state index contributed by atoms with van der Waals surface area (Å²) < 4.78 is 40.7. The zero-order valence-electron chi connectivity index (χ0n) is 8.77. The topological polar surface area (TPSA) is 38.3 Å². The monoisotopic (exact) mass is 311 g/mol. The SMILES string of the molecule is CNC(=O)Cc1ccc(Br)cc1OC(F)(F)F. The summed E-state index contributed by atoms with van der Waals surface area (Å²) in [6.45, 7) is 0. The van der Waals surface area contributed by atoms with Crippen molar-refractivity contribution in [3.8, 4) is 5.75 Å². The minimum atomic E-state index is -4.78. The highest BCUT2D eigenvalue weighted by atomic mass is 79.9. The van der Waals surface area contributed by atoms with Gasteiger partial charge in [-0.3, -0.25) is 4.79 Å². The van der Waals surface area contributed by atoms with E-state index < -0.39 is 6.36 Å². The van der Waals surface area contributed by atoms with E-state index in [2.05, 4.69) is 26.0 Å². The number of nitrogens with one attached hydrogen (secondary N) is 1. The van der Waals surface area contributed by atoms with Crippen molar-refractivity contribution < 1.29 is 22.7 Å². The average Bonchev–Trinajstić information content (AvgIpc) is 2.19. The van der Waals surface area contributed by atoms with E-state index in [1.807, 2.05) is 0 Å². The van der Waals surface area contributed by atoms with Crippen LogP contribution >= 0.6 is 15.9 Å². The molecule has 1 aromatic carbocycles. The van der Waals surface area contributed by atoms with Crippen molar-refractivity contribution in [3.63, 3.8) is 0 Å². The molecule has 0 saturated heterocycles. The van der Waals surface area contributed by atoms with Crippen LogP contribution in [0.1, 0.15) is 5.56 Å². The first-order valence-corrected chi connectivity index (χ1v) is 5.36. The molecule has 0 radical (unpaired) electrons. The third-order valence-electron chi connectivity index (χ3n) is 1.88. The Labute approximate surface area is 104 Å². The lowest BCUT2D eigenvalue weighted by Gasteiger charge is -2.13. The molecule has 0 aliphatic rings. The van der Waals surface area contributed by atoms with Crippen molar-refractivity contribution in [2.45, 2.75) is 12.8 Å². The first-order chi connectivity index (χ1) is 7.81. The van der Waals surface area contributed by atoms with Crippen molar-refractivity contribution in [3.05, 3.63) is 28.2 Å². The molecule has 1 aromatic rings. The van der Waals surface area contributed by atoms with Gasteiger partial charge < -0.3 is 10.1 Å². The number of ether oxygens (including phenoxy) is 1. The molecular weight excluding hydrogens is 303 g/mol. The molecule has 1 rings (SSSR count). The van der Waals surface area contributed by atoms with Crippen molar-refractivity contribution in [2.24, 2.45) is 0 Å². The quantitative estimate of drug-likeness (QED) is 0.932. The molecule has 0 aliphatic heterocycles. The summed E-state index contributed by atoms with van der Waals surface area (Å²) in [6.07, 6.45) is -4.95. The molecular formula is C10H9BrF3NO2. The van der Waals surface area contributed by atoms with E-state index in [0.717, 1.165) is 0 Å². The highest BCUT2D eigenvalue weighted by molar-refractivity contribution is 9.10. The molecule has 0 fully saturated rings. The van der Waals surface area contributed by atoms with Crippen molar-refractivity contribution in [1.82, 2.24) is 5.32 Å². The zero-order valence-corrected chi connectivity index (χ0v) is 10.4. The minimum absolute atomic E-state index is 0.171. The summed E-state index contributed by atoms with van der Waals surface area (Å²) in [5, 5.41) is 2.33. The number of carbonyl (C=O) groups excluding carboxylic acids is 1. The van der Waals surface area contributed by atoms with Gasteiger partial charge in [0.1, 0.15) is 5.75 Å². The van der Waals surface area contributed by atoms with Crippen LogP contribution in [0.2, 0.25) is 0 Å². The fourth-order valence-electron chi connectivity index (χ4n) is 1.16. The van der Waals surface area contributed by atoms with Gasteiger partial charge in [0.05, 0.1) is 6.42 Å². The van der Waals surface area contributed by atoms with Gasteiger partial charge in [-0.05, 0) is 12.1 Å². The van der Waals surface area contributed by atoms with Crippen LogP contribution in [0.25, 0.3) is 0 Å². The van der Waals surface area contributed by atoms with Gasteiger partial charge in [-0.25, -0.2) is 0 Å². The Bertz CT molecular complexity index is 421. The van der Waals surface area contributed by atoms with Crippen LogP contribution in [0, 0.1) is 0 Å². The molecule has 94 valence electrons. The molecule has 7 heteroatoms. The second-order valence-corrected chi connectivity index (χ2v) is 4.07. The van der Waals surface area contributed by atoms with Gasteiger partial charge in [-0.2, -0.15) is 0 Å². The standard InChI is InChI=1S/C10H9BrF3NO2/c1-15-9(16)4-6-2-3-7(11)5-8(6)17-10(12,13)14/h2-3,5H,4H2,1H3,(H,15,16). The number of rotatable bonds is 3. The Kier molecular flexibility index (Phi) is 4.39. The molecule has 0 aromatic heterocycles. The molecule has 0 heterocycles. The van der Waals surface area contributed by atoms with Gasteiger partial charge in [0.25, 0.3) is 0 Å². The van der Waals surface area contributed by atoms with Crippen LogP contribution in [-0.4, -0.2) is 19.3 Å². The largest absolute Gasteiger partial charge is 0.573 e. The Morgan fingerprint density at radius 3 is 2.65 bits per heavy atom. The molecule has 0 spiro atoms. The van der Waals surface area contributed by atoms with E-state index in [1.165, 1.54) is 19.2 Å². The minimum Gasteiger partial charge on any atom is -0.405 e. The van der Waals surface area contributed by atoms with Crippen LogP contribution in [0.4, 0.5) is 13.2 Å². The van der Waals surface area contributed by atoms with Crippen molar-refractivity contribution >= 4 is 21.8 Å². The number of carbonyl (C=O) groups is 1. The first kappa shape index (κ1) is 13.8. The normalized spacial score (nSPS) is 11.1. The molecule has 0 atom stereocenters.